The summed E-state index contributed by atoms with van der Waals surface area (Å²) in [6.07, 6.45) is 2.24. The van der Waals surface area contributed by atoms with Gasteiger partial charge in [0.2, 0.25) is 5.88 Å². The molecule has 0 unspecified atom stereocenters. The third-order valence-corrected chi connectivity index (χ3v) is 5.51. The average Bonchev–Trinajstić information content (AvgIpc) is 3.28. The Morgan fingerprint density at radius 2 is 2.03 bits per heavy atom. The molecule has 30 heavy (non-hydrogen) atoms. The highest BCUT2D eigenvalue weighted by Gasteiger charge is 2.13. The molecule has 1 saturated heterocycles. The van der Waals surface area contributed by atoms with Crippen LogP contribution in [-0.2, 0) is 11.2 Å². The molecular formula is C23H28N4O2S. The molecule has 0 atom stereocenters. The molecule has 0 radical (unpaired) electrons. The van der Waals surface area contributed by atoms with Gasteiger partial charge in [-0.3, -0.25) is 0 Å². The fraction of sp³-hybridized carbons (Fsp3) is 0.304. The van der Waals surface area contributed by atoms with Gasteiger partial charge in [0, 0.05) is 48.4 Å². The van der Waals surface area contributed by atoms with E-state index in [1.807, 2.05) is 43.3 Å². The van der Waals surface area contributed by atoms with Gasteiger partial charge in [-0.05, 0) is 23.9 Å². The molecule has 3 aromatic rings. The number of aryl methyl sites for hydroxylation is 1. The Morgan fingerprint density at radius 1 is 1.20 bits per heavy atom. The first-order valence-electron chi connectivity index (χ1n) is 9.96. The number of nitrogen functional groups attached to an aromatic ring is 1. The molecule has 2 aromatic heterocycles. The quantitative estimate of drug-likeness (QED) is 0.580. The third-order valence-electron chi connectivity index (χ3n) is 4.57. The molecule has 7 heteroatoms. The van der Waals surface area contributed by atoms with E-state index in [2.05, 4.69) is 27.4 Å². The maximum absolute atomic E-state index is 6.92. The molecule has 0 aliphatic carbocycles. The van der Waals surface area contributed by atoms with Crippen LogP contribution in [0, 0.1) is 12.3 Å². The van der Waals surface area contributed by atoms with Crippen molar-refractivity contribution < 1.29 is 9.47 Å². The molecule has 1 aliphatic heterocycles. The smallest absolute Gasteiger partial charge is 0.217 e. The van der Waals surface area contributed by atoms with Crippen LogP contribution >= 0.6 is 11.3 Å². The lowest BCUT2D eigenvalue weighted by atomic mass is 10.2. The van der Waals surface area contributed by atoms with E-state index in [0.29, 0.717) is 18.3 Å². The van der Waals surface area contributed by atoms with Crippen molar-refractivity contribution >= 4 is 29.1 Å². The van der Waals surface area contributed by atoms with Crippen LogP contribution in [0.4, 0.5) is 11.5 Å². The predicted molar refractivity (Wildman–Crippen MR) is 124 cm³/mol. The van der Waals surface area contributed by atoms with Gasteiger partial charge < -0.3 is 25.5 Å². The minimum absolute atomic E-state index is 0.491. The molecule has 3 N–H and O–H groups in total. The number of aromatic nitrogens is 1. The molecule has 0 bridgehead atoms. The van der Waals surface area contributed by atoms with Gasteiger partial charge in [0.05, 0.1) is 19.8 Å². The van der Waals surface area contributed by atoms with Crippen molar-refractivity contribution in [3.8, 4) is 5.88 Å². The van der Waals surface area contributed by atoms with Crippen LogP contribution in [0.3, 0.4) is 0 Å². The summed E-state index contributed by atoms with van der Waals surface area (Å²) in [5, 5.41) is 8.99. The summed E-state index contributed by atoms with van der Waals surface area (Å²) < 4.78 is 11.1. The van der Waals surface area contributed by atoms with Crippen molar-refractivity contribution in [3.05, 3.63) is 69.9 Å². The van der Waals surface area contributed by atoms with Crippen LogP contribution in [0.25, 0.3) is 0 Å². The van der Waals surface area contributed by atoms with E-state index in [9.17, 15) is 0 Å². The molecule has 6 nitrogen and oxygen atoms in total. The molecular weight excluding hydrogens is 396 g/mol. The number of thiophene rings is 1. The van der Waals surface area contributed by atoms with Gasteiger partial charge in [-0.25, -0.2) is 0 Å². The largest absolute Gasteiger partial charge is 0.477 e. The molecule has 1 aromatic carbocycles. The Labute approximate surface area is 181 Å². The highest BCUT2D eigenvalue weighted by Crippen LogP contribution is 2.23. The number of hydrogen-bond acceptors (Lipinski definition) is 7. The number of rotatable bonds is 6. The number of anilines is 2. The number of nitrogens with two attached hydrogens (primary N) is 1. The predicted octanol–water partition coefficient (Wildman–Crippen LogP) is 4.18. The number of morpholine rings is 1. The first-order chi connectivity index (χ1) is 14.6. The van der Waals surface area contributed by atoms with E-state index in [4.69, 9.17) is 20.6 Å². The van der Waals surface area contributed by atoms with Gasteiger partial charge >= 0.3 is 0 Å². The standard InChI is InChI=1S/C15H19N3O2S.C8H9N/c16-14-10-12(18-4-7-19-8-5-18)11-15(17-14)20-6-3-13-2-1-9-21-13;1-7-3-2-4-8(5-7)6-9/h1-2,9-11H,3-8H2,(H2,16,17);2-6,9H,1H3. The second kappa shape index (κ2) is 11.3. The summed E-state index contributed by atoms with van der Waals surface area (Å²) in [6.45, 7) is 5.87. The molecule has 1 aliphatic rings. The van der Waals surface area contributed by atoms with E-state index >= 15 is 0 Å². The number of hydrogen-bond donors (Lipinski definition) is 2. The lowest BCUT2D eigenvalue weighted by molar-refractivity contribution is 0.122. The second-order valence-electron chi connectivity index (χ2n) is 6.92. The first-order valence-corrected chi connectivity index (χ1v) is 10.8. The van der Waals surface area contributed by atoms with Gasteiger partial charge in [0.15, 0.2) is 0 Å². The van der Waals surface area contributed by atoms with Crippen molar-refractivity contribution in [2.24, 2.45) is 0 Å². The monoisotopic (exact) mass is 424 g/mol. The molecule has 0 saturated carbocycles. The molecule has 0 amide bonds. The topological polar surface area (TPSA) is 84.5 Å². The Kier molecular flexibility index (Phi) is 8.23. The fourth-order valence-electron chi connectivity index (χ4n) is 3.06. The van der Waals surface area contributed by atoms with Crippen LogP contribution in [-0.4, -0.2) is 44.1 Å². The molecule has 0 spiro atoms. The van der Waals surface area contributed by atoms with E-state index in [1.165, 1.54) is 16.7 Å². The SMILES string of the molecule is Cc1cccc(C=N)c1.Nc1cc(N2CCOCC2)cc(OCCc2cccs2)n1. The number of ether oxygens (including phenoxy) is 2. The van der Waals surface area contributed by atoms with Crippen molar-refractivity contribution in [2.75, 3.05) is 43.5 Å². The van der Waals surface area contributed by atoms with E-state index in [0.717, 1.165) is 44.0 Å². The van der Waals surface area contributed by atoms with Gasteiger partial charge in [-0.2, -0.15) is 4.98 Å². The summed E-state index contributed by atoms with van der Waals surface area (Å²) in [7, 11) is 0. The van der Waals surface area contributed by atoms with E-state index in [1.54, 1.807) is 11.3 Å². The van der Waals surface area contributed by atoms with E-state index in [-0.39, 0.29) is 0 Å². The first kappa shape index (κ1) is 21.8. The van der Waals surface area contributed by atoms with Crippen molar-refractivity contribution in [3.63, 3.8) is 0 Å². The fourth-order valence-corrected chi connectivity index (χ4v) is 3.75. The lowest BCUT2D eigenvalue weighted by Crippen LogP contribution is -2.36. The second-order valence-corrected chi connectivity index (χ2v) is 7.96. The zero-order valence-corrected chi connectivity index (χ0v) is 18.0. The van der Waals surface area contributed by atoms with Gasteiger partial charge in [-0.1, -0.05) is 35.9 Å². The molecule has 158 valence electrons. The number of nitrogens with one attached hydrogen (secondary N) is 1. The van der Waals surface area contributed by atoms with Crippen molar-refractivity contribution in [1.29, 1.82) is 5.41 Å². The highest BCUT2D eigenvalue weighted by molar-refractivity contribution is 7.09. The minimum atomic E-state index is 0.491. The summed E-state index contributed by atoms with van der Waals surface area (Å²) in [5.41, 5.74) is 9.11. The zero-order chi connectivity index (χ0) is 21.2. The van der Waals surface area contributed by atoms with E-state index < -0.39 is 0 Å². The Bertz CT molecular complexity index is 925. The highest BCUT2D eigenvalue weighted by atomic mass is 32.1. The Hall–Kier alpha value is -2.90. The third kappa shape index (κ3) is 6.86. The minimum Gasteiger partial charge on any atom is -0.477 e. The van der Waals surface area contributed by atoms with Crippen molar-refractivity contribution in [1.82, 2.24) is 4.98 Å². The molecule has 3 heterocycles. The Morgan fingerprint density at radius 3 is 2.70 bits per heavy atom. The van der Waals surface area contributed by atoms with Crippen LogP contribution in [0.15, 0.2) is 53.9 Å². The average molecular weight is 425 g/mol. The van der Waals surface area contributed by atoms with Crippen LogP contribution in [0.1, 0.15) is 16.0 Å². The van der Waals surface area contributed by atoms with Gasteiger partial charge in [-0.15, -0.1) is 11.3 Å². The van der Waals surface area contributed by atoms with Crippen molar-refractivity contribution in [2.45, 2.75) is 13.3 Å². The van der Waals surface area contributed by atoms with Crippen LogP contribution in [0.5, 0.6) is 5.88 Å². The van der Waals surface area contributed by atoms with Crippen LogP contribution < -0.4 is 15.4 Å². The van der Waals surface area contributed by atoms with Gasteiger partial charge in [0.1, 0.15) is 5.82 Å². The number of benzene rings is 1. The normalized spacial score (nSPS) is 13.3. The molecule has 1 fully saturated rings. The zero-order valence-electron chi connectivity index (χ0n) is 17.2. The summed E-state index contributed by atoms with van der Waals surface area (Å²) in [4.78, 5) is 7.80. The lowest BCUT2D eigenvalue weighted by Gasteiger charge is -2.29. The maximum atomic E-state index is 6.92. The maximum Gasteiger partial charge on any atom is 0.217 e. The molecule has 4 rings (SSSR count). The number of nitrogens with zero attached hydrogens (tertiary/aromatic N) is 2. The van der Waals surface area contributed by atoms with Gasteiger partial charge in [0.25, 0.3) is 0 Å². The Balaban J connectivity index is 0.000000239. The number of pyridine rings is 1. The summed E-state index contributed by atoms with van der Waals surface area (Å²) in [6, 6.07) is 15.9. The summed E-state index contributed by atoms with van der Waals surface area (Å²) >= 11 is 1.74. The summed E-state index contributed by atoms with van der Waals surface area (Å²) in [5.74, 6) is 1.08. The van der Waals surface area contributed by atoms with Crippen LogP contribution in [0.2, 0.25) is 0 Å².